The average molecular weight is 302 g/mol. The molecule has 1 fully saturated rings. The lowest BCUT2D eigenvalue weighted by Crippen LogP contribution is -2.44. The minimum Gasteiger partial charge on any atom is -0.349 e. The van der Waals surface area contributed by atoms with Crippen molar-refractivity contribution in [2.45, 2.75) is 32.2 Å². The van der Waals surface area contributed by atoms with Gasteiger partial charge in [0.05, 0.1) is 5.56 Å². The zero-order valence-electron chi connectivity index (χ0n) is 12.5. The SMILES string of the molecule is CCCN1CCC(NC(=O)c2csc3ccccc23)CC1. The third-order valence-electron chi connectivity index (χ3n) is 4.19. The molecule has 2 aromatic rings. The third-order valence-corrected chi connectivity index (χ3v) is 5.15. The molecule has 0 aliphatic carbocycles. The van der Waals surface area contributed by atoms with Gasteiger partial charge in [-0.1, -0.05) is 25.1 Å². The standard InChI is InChI=1S/C17H22N2OS/c1-2-9-19-10-7-13(8-11-19)18-17(20)15-12-21-16-6-4-3-5-14(15)16/h3-6,12-13H,2,7-11H2,1H3,(H,18,20). The smallest absolute Gasteiger partial charge is 0.252 e. The molecule has 1 amide bonds. The summed E-state index contributed by atoms with van der Waals surface area (Å²) in [5.74, 6) is 0.0846. The summed E-state index contributed by atoms with van der Waals surface area (Å²) in [6.45, 7) is 5.59. The van der Waals surface area contributed by atoms with Crippen LogP contribution >= 0.6 is 11.3 Å². The van der Waals surface area contributed by atoms with Crippen LogP contribution in [0.2, 0.25) is 0 Å². The average Bonchev–Trinajstić information content (AvgIpc) is 2.93. The molecule has 3 nitrogen and oxygen atoms in total. The molecule has 0 saturated carbocycles. The summed E-state index contributed by atoms with van der Waals surface area (Å²) in [5, 5.41) is 6.27. The van der Waals surface area contributed by atoms with E-state index in [0.29, 0.717) is 6.04 Å². The molecule has 0 spiro atoms. The van der Waals surface area contributed by atoms with Crippen molar-refractivity contribution >= 4 is 27.3 Å². The van der Waals surface area contributed by atoms with Crippen LogP contribution in [-0.2, 0) is 0 Å². The highest BCUT2D eigenvalue weighted by Gasteiger charge is 2.21. The lowest BCUT2D eigenvalue weighted by Gasteiger charge is -2.32. The van der Waals surface area contributed by atoms with Crippen LogP contribution in [0.1, 0.15) is 36.5 Å². The minimum absolute atomic E-state index is 0.0846. The number of piperidine rings is 1. The first kappa shape index (κ1) is 14.5. The summed E-state index contributed by atoms with van der Waals surface area (Å²) < 4.78 is 1.18. The zero-order valence-corrected chi connectivity index (χ0v) is 13.3. The van der Waals surface area contributed by atoms with Crippen LogP contribution in [0.25, 0.3) is 10.1 Å². The summed E-state index contributed by atoms with van der Waals surface area (Å²) >= 11 is 1.64. The number of rotatable bonds is 4. The summed E-state index contributed by atoms with van der Waals surface area (Å²) in [6.07, 6.45) is 3.33. The van der Waals surface area contributed by atoms with Crippen LogP contribution in [-0.4, -0.2) is 36.5 Å². The van der Waals surface area contributed by atoms with E-state index in [9.17, 15) is 4.79 Å². The van der Waals surface area contributed by atoms with Crippen molar-refractivity contribution < 1.29 is 4.79 Å². The molecular formula is C17H22N2OS. The second kappa shape index (κ2) is 6.58. The molecule has 3 rings (SSSR count). The fraction of sp³-hybridized carbons (Fsp3) is 0.471. The molecule has 2 heterocycles. The lowest BCUT2D eigenvalue weighted by atomic mass is 10.0. The van der Waals surface area contributed by atoms with Crippen molar-refractivity contribution in [3.8, 4) is 0 Å². The van der Waals surface area contributed by atoms with E-state index in [-0.39, 0.29) is 5.91 Å². The van der Waals surface area contributed by atoms with Gasteiger partial charge in [-0.3, -0.25) is 4.79 Å². The summed E-state index contributed by atoms with van der Waals surface area (Å²) in [4.78, 5) is 15.0. The Morgan fingerprint density at radius 2 is 2.10 bits per heavy atom. The highest BCUT2D eigenvalue weighted by Crippen LogP contribution is 2.25. The highest BCUT2D eigenvalue weighted by molar-refractivity contribution is 7.17. The Balaban J connectivity index is 1.62. The number of amides is 1. The molecule has 0 bridgehead atoms. The fourth-order valence-electron chi connectivity index (χ4n) is 3.03. The Bertz CT molecular complexity index is 614. The number of hydrogen-bond donors (Lipinski definition) is 1. The Morgan fingerprint density at radius 1 is 1.33 bits per heavy atom. The van der Waals surface area contributed by atoms with E-state index >= 15 is 0 Å². The first-order valence-corrected chi connectivity index (χ1v) is 8.65. The summed E-state index contributed by atoms with van der Waals surface area (Å²) in [6, 6.07) is 8.44. The van der Waals surface area contributed by atoms with Crippen molar-refractivity contribution in [2.75, 3.05) is 19.6 Å². The van der Waals surface area contributed by atoms with Gasteiger partial charge in [-0.05, 0) is 31.9 Å². The molecular weight excluding hydrogens is 280 g/mol. The number of likely N-dealkylation sites (tertiary alicyclic amines) is 1. The van der Waals surface area contributed by atoms with Crippen LogP contribution in [0.15, 0.2) is 29.6 Å². The molecule has 21 heavy (non-hydrogen) atoms. The third kappa shape index (κ3) is 3.27. The van der Waals surface area contributed by atoms with Crippen molar-refractivity contribution in [2.24, 2.45) is 0 Å². The van der Waals surface area contributed by atoms with Gasteiger partial charge in [0.1, 0.15) is 0 Å². The Labute approximate surface area is 130 Å². The van der Waals surface area contributed by atoms with E-state index in [1.54, 1.807) is 11.3 Å². The van der Waals surface area contributed by atoms with Crippen molar-refractivity contribution in [1.82, 2.24) is 10.2 Å². The van der Waals surface area contributed by atoms with Gasteiger partial charge in [0.15, 0.2) is 0 Å². The Morgan fingerprint density at radius 3 is 2.86 bits per heavy atom. The van der Waals surface area contributed by atoms with E-state index in [0.717, 1.165) is 36.9 Å². The monoisotopic (exact) mass is 302 g/mol. The normalized spacial score (nSPS) is 17.2. The molecule has 112 valence electrons. The number of nitrogens with zero attached hydrogens (tertiary/aromatic N) is 1. The minimum atomic E-state index is 0.0846. The molecule has 1 saturated heterocycles. The largest absolute Gasteiger partial charge is 0.349 e. The van der Waals surface area contributed by atoms with Gasteiger partial charge in [0, 0.05) is 34.6 Å². The first-order chi connectivity index (χ1) is 10.3. The molecule has 1 aliphatic heterocycles. The number of benzene rings is 1. The second-order valence-corrected chi connectivity index (χ2v) is 6.65. The number of nitrogens with one attached hydrogen (secondary N) is 1. The Kier molecular flexibility index (Phi) is 4.56. The van der Waals surface area contributed by atoms with E-state index < -0.39 is 0 Å². The Hall–Kier alpha value is -1.39. The van der Waals surface area contributed by atoms with Crippen LogP contribution < -0.4 is 5.32 Å². The topological polar surface area (TPSA) is 32.3 Å². The van der Waals surface area contributed by atoms with Crippen LogP contribution in [0, 0.1) is 0 Å². The summed E-state index contributed by atoms with van der Waals surface area (Å²) in [7, 11) is 0. The van der Waals surface area contributed by atoms with Gasteiger partial charge >= 0.3 is 0 Å². The van der Waals surface area contributed by atoms with Crippen molar-refractivity contribution in [3.05, 3.63) is 35.2 Å². The molecule has 0 radical (unpaired) electrons. The fourth-order valence-corrected chi connectivity index (χ4v) is 3.97. The van der Waals surface area contributed by atoms with Gasteiger partial charge in [-0.25, -0.2) is 0 Å². The quantitative estimate of drug-likeness (QED) is 0.937. The predicted molar refractivity (Wildman–Crippen MR) is 89.0 cm³/mol. The van der Waals surface area contributed by atoms with E-state index in [2.05, 4.69) is 23.2 Å². The maximum Gasteiger partial charge on any atom is 0.252 e. The first-order valence-electron chi connectivity index (χ1n) is 7.77. The maximum absolute atomic E-state index is 12.5. The van der Waals surface area contributed by atoms with E-state index in [1.807, 2.05) is 23.6 Å². The highest BCUT2D eigenvalue weighted by atomic mass is 32.1. The van der Waals surface area contributed by atoms with E-state index in [1.165, 1.54) is 17.7 Å². The molecule has 1 N–H and O–H groups in total. The van der Waals surface area contributed by atoms with Gasteiger partial charge < -0.3 is 10.2 Å². The van der Waals surface area contributed by atoms with Gasteiger partial charge in [-0.15, -0.1) is 11.3 Å². The molecule has 1 aromatic carbocycles. The maximum atomic E-state index is 12.5. The number of carbonyl (C=O) groups is 1. The number of carbonyl (C=O) groups excluding carboxylic acids is 1. The number of fused-ring (bicyclic) bond motifs is 1. The molecule has 0 unspecified atom stereocenters. The number of hydrogen-bond acceptors (Lipinski definition) is 3. The van der Waals surface area contributed by atoms with Gasteiger partial charge in [-0.2, -0.15) is 0 Å². The molecule has 1 aromatic heterocycles. The number of thiophene rings is 1. The molecule has 1 aliphatic rings. The van der Waals surface area contributed by atoms with Crippen molar-refractivity contribution in [3.63, 3.8) is 0 Å². The van der Waals surface area contributed by atoms with Gasteiger partial charge in [0.25, 0.3) is 5.91 Å². The lowest BCUT2D eigenvalue weighted by molar-refractivity contribution is 0.0913. The van der Waals surface area contributed by atoms with Crippen molar-refractivity contribution in [1.29, 1.82) is 0 Å². The second-order valence-electron chi connectivity index (χ2n) is 5.73. The molecule has 4 heteroatoms. The van der Waals surface area contributed by atoms with Crippen LogP contribution in [0.5, 0.6) is 0 Å². The zero-order chi connectivity index (χ0) is 14.7. The molecule has 0 atom stereocenters. The summed E-state index contributed by atoms with van der Waals surface area (Å²) in [5.41, 5.74) is 0.826. The van der Waals surface area contributed by atoms with E-state index in [4.69, 9.17) is 0 Å². The van der Waals surface area contributed by atoms with Crippen LogP contribution in [0.4, 0.5) is 0 Å². The van der Waals surface area contributed by atoms with Crippen LogP contribution in [0.3, 0.4) is 0 Å². The van der Waals surface area contributed by atoms with Gasteiger partial charge in [0.2, 0.25) is 0 Å². The predicted octanol–water partition coefficient (Wildman–Crippen LogP) is 3.51.